The Morgan fingerprint density at radius 3 is 2.33 bits per heavy atom. The van der Waals surface area contributed by atoms with Crippen molar-refractivity contribution >= 4 is 56.9 Å². The number of hydrogen-bond donors (Lipinski definition) is 3. The first-order chi connectivity index (χ1) is 17.4. The standard InChI is InChI=1S/C27H23N5O3S/c1-16-7-3-6-10-22(16)32-26(35)25-24(20-8-4-5-9-21(20)30-25)31-27(32)36-15-23(34)29-19-13-11-18(12-14-19)28-17(2)33/h3-14,30H,15H2,1-2H3,(H,28,33)(H,29,34). The van der Waals surface area contributed by atoms with Crippen LogP contribution in [0.1, 0.15) is 12.5 Å². The quantitative estimate of drug-likeness (QED) is 0.229. The lowest BCUT2D eigenvalue weighted by atomic mass is 10.2. The zero-order chi connectivity index (χ0) is 25.2. The second-order valence-corrected chi connectivity index (χ2v) is 9.25. The van der Waals surface area contributed by atoms with Gasteiger partial charge in [-0.3, -0.25) is 19.0 Å². The monoisotopic (exact) mass is 497 g/mol. The number of nitrogens with zero attached hydrogens (tertiary/aromatic N) is 2. The van der Waals surface area contributed by atoms with Gasteiger partial charge < -0.3 is 15.6 Å². The predicted octanol–water partition coefficient (Wildman–Crippen LogP) is 4.86. The van der Waals surface area contributed by atoms with Crippen molar-refractivity contribution in [3.05, 3.63) is 88.7 Å². The van der Waals surface area contributed by atoms with E-state index in [0.29, 0.717) is 33.3 Å². The van der Waals surface area contributed by atoms with E-state index in [1.807, 2.05) is 55.5 Å². The Balaban J connectivity index is 1.47. The second kappa shape index (κ2) is 9.71. The lowest BCUT2D eigenvalue weighted by molar-refractivity contribution is -0.114. The smallest absolute Gasteiger partial charge is 0.283 e. The van der Waals surface area contributed by atoms with Crippen molar-refractivity contribution in [3.63, 3.8) is 0 Å². The largest absolute Gasteiger partial charge is 0.349 e. The van der Waals surface area contributed by atoms with Gasteiger partial charge in [-0.05, 0) is 48.9 Å². The average Bonchev–Trinajstić information content (AvgIpc) is 3.24. The number of aryl methyl sites for hydroxylation is 1. The summed E-state index contributed by atoms with van der Waals surface area (Å²) < 4.78 is 1.56. The van der Waals surface area contributed by atoms with Crippen molar-refractivity contribution in [3.8, 4) is 5.69 Å². The highest BCUT2D eigenvalue weighted by Gasteiger charge is 2.19. The van der Waals surface area contributed by atoms with E-state index in [1.54, 1.807) is 28.8 Å². The van der Waals surface area contributed by atoms with Gasteiger partial charge in [-0.1, -0.05) is 48.2 Å². The lowest BCUT2D eigenvalue weighted by Gasteiger charge is -2.14. The number of aromatic amines is 1. The molecule has 0 aliphatic rings. The number of benzene rings is 3. The molecule has 2 aromatic heterocycles. The molecule has 36 heavy (non-hydrogen) atoms. The number of carbonyl (C=O) groups is 2. The summed E-state index contributed by atoms with van der Waals surface area (Å²) in [6.45, 7) is 3.37. The number of aromatic nitrogens is 3. The summed E-state index contributed by atoms with van der Waals surface area (Å²) in [5, 5.41) is 6.82. The van der Waals surface area contributed by atoms with Gasteiger partial charge in [-0.2, -0.15) is 0 Å². The minimum Gasteiger partial charge on any atom is -0.349 e. The second-order valence-electron chi connectivity index (χ2n) is 8.31. The minimum atomic E-state index is -0.239. The summed E-state index contributed by atoms with van der Waals surface area (Å²) >= 11 is 1.20. The molecule has 2 amide bonds. The van der Waals surface area contributed by atoms with Crippen LogP contribution in [0.4, 0.5) is 11.4 Å². The van der Waals surface area contributed by atoms with E-state index < -0.39 is 0 Å². The fourth-order valence-corrected chi connectivity index (χ4v) is 4.83. The zero-order valence-electron chi connectivity index (χ0n) is 19.7. The fourth-order valence-electron chi connectivity index (χ4n) is 4.03. The average molecular weight is 498 g/mol. The number of thioether (sulfide) groups is 1. The summed E-state index contributed by atoms with van der Waals surface area (Å²) in [6.07, 6.45) is 0. The molecule has 5 rings (SSSR count). The van der Waals surface area contributed by atoms with Crippen LogP contribution in [-0.4, -0.2) is 32.1 Å². The van der Waals surface area contributed by atoms with Crippen LogP contribution in [-0.2, 0) is 9.59 Å². The minimum absolute atomic E-state index is 0.0552. The molecule has 0 saturated carbocycles. The molecule has 3 aromatic carbocycles. The van der Waals surface area contributed by atoms with Gasteiger partial charge in [0.15, 0.2) is 5.16 Å². The van der Waals surface area contributed by atoms with Crippen LogP contribution in [0, 0.1) is 6.92 Å². The first-order valence-electron chi connectivity index (χ1n) is 11.3. The van der Waals surface area contributed by atoms with Crippen LogP contribution in [0.15, 0.2) is 82.7 Å². The van der Waals surface area contributed by atoms with Gasteiger partial charge in [0.05, 0.1) is 11.4 Å². The lowest BCUT2D eigenvalue weighted by Crippen LogP contribution is -2.23. The molecule has 8 nitrogen and oxygen atoms in total. The third kappa shape index (κ3) is 4.60. The number of anilines is 2. The Kier molecular flexibility index (Phi) is 6.30. The Bertz CT molecular complexity index is 1670. The number of H-pyrrole nitrogens is 1. The van der Waals surface area contributed by atoms with E-state index in [0.717, 1.165) is 16.5 Å². The van der Waals surface area contributed by atoms with Crippen molar-refractivity contribution in [2.45, 2.75) is 19.0 Å². The maximum absolute atomic E-state index is 13.7. The molecule has 0 spiro atoms. The molecule has 0 saturated heterocycles. The van der Waals surface area contributed by atoms with Crippen LogP contribution < -0.4 is 16.2 Å². The van der Waals surface area contributed by atoms with E-state index in [-0.39, 0.29) is 23.1 Å². The van der Waals surface area contributed by atoms with Crippen molar-refractivity contribution in [1.29, 1.82) is 0 Å². The number of carbonyl (C=O) groups excluding carboxylic acids is 2. The SMILES string of the molecule is CC(=O)Nc1ccc(NC(=O)CSc2nc3c([nH]c4ccccc43)c(=O)n2-c2ccccc2C)cc1. The van der Waals surface area contributed by atoms with E-state index in [1.165, 1.54) is 18.7 Å². The molecular formula is C27H23N5O3S. The van der Waals surface area contributed by atoms with Gasteiger partial charge in [-0.25, -0.2) is 4.98 Å². The van der Waals surface area contributed by atoms with Crippen molar-refractivity contribution < 1.29 is 9.59 Å². The maximum Gasteiger partial charge on any atom is 0.283 e. The molecule has 3 N–H and O–H groups in total. The number of hydrogen-bond acceptors (Lipinski definition) is 5. The van der Waals surface area contributed by atoms with Crippen LogP contribution in [0.5, 0.6) is 0 Å². The van der Waals surface area contributed by atoms with Gasteiger partial charge in [0.2, 0.25) is 11.8 Å². The summed E-state index contributed by atoms with van der Waals surface area (Å²) in [4.78, 5) is 45.6. The summed E-state index contributed by atoms with van der Waals surface area (Å²) in [5.41, 5.74) is 4.50. The number of fused-ring (bicyclic) bond motifs is 3. The Morgan fingerprint density at radius 2 is 1.61 bits per heavy atom. The van der Waals surface area contributed by atoms with Gasteiger partial charge >= 0.3 is 0 Å². The molecule has 5 aromatic rings. The highest BCUT2D eigenvalue weighted by atomic mass is 32.2. The number of nitrogens with one attached hydrogen (secondary N) is 3. The van der Waals surface area contributed by atoms with Gasteiger partial charge in [0.25, 0.3) is 5.56 Å². The first kappa shape index (κ1) is 23.4. The molecule has 9 heteroatoms. The molecule has 0 atom stereocenters. The van der Waals surface area contributed by atoms with Gasteiger partial charge in [0, 0.05) is 29.2 Å². The number of amides is 2. The van der Waals surface area contributed by atoms with Crippen LogP contribution in [0.25, 0.3) is 27.6 Å². The molecular weight excluding hydrogens is 474 g/mol. The molecule has 2 heterocycles. The Morgan fingerprint density at radius 1 is 0.944 bits per heavy atom. The first-order valence-corrected chi connectivity index (χ1v) is 12.3. The molecule has 0 aliphatic heterocycles. The van der Waals surface area contributed by atoms with Crippen LogP contribution in [0.3, 0.4) is 0 Å². The molecule has 0 unspecified atom stereocenters. The highest BCUT2D eigenvalue weighted by molar-refractivity contribution is 7.99. The summed E-state index contributed by atoms with van der Waals surface area (Å²) in [7, 11) is 0. The molecule has 180 valence electrons. The molecule has 0 fully saturated rings. The Labute approximate surface area is 210 Å². The third-order valence-electron chi connectivity index (χ3n) is 5.67. The fraction of sp³-hybridized carbons (Fsp3) is 0.111. The van der Waals surface area contributed by atoms with Crippen LogP contribution >= 0.6 is 11.8 Å². The van der Waals surface area contributed by atoms with E-state index in [4.69, 9.17) is 4.98 Å². The topological polar surface area (TPSA) is 109 Å². The van der Waals surface area contributed by atoms with Crippen molar-refractivity contribution in [1.82, 2.24) is 14.5 Å². The van der Waals surface area contributed by atoms with Gasteiger partial charge in [0.1, 0.15) is 11.0 Å². The van der Waals surface area contributed by atoms with Gasteiger partial charge in [-0.15, -0.1) is 0 Å². The number of rotatable bonds is 6. The van der Waals surface area contributed by atoms with E-state index >= 15 is 0 Å². The van der Waals surface area contributed by atoms with Crippen LogP contribution in [0.2, 0.25) is 0 Å². The molecule has 0 bridgehead atoms. The van der Waals surface area contributed by atoms with Crippen molar-refractivity contribution in [2.75, 3.05) is 16.4 Å². The normalized spacial score (nSPS) is 11.1. The predicted molar refractivity (Wildman–Crippen MR) is 144 cm³/mol. The van der Waals surface area contributed by atoms with E-state index in [2.05, 4.69) is 15.6 Å². The zero-order valence-corrected chi connectivity index (χ0v) is 20.5. The summed E-state index contributed by atoms with van der Waals surface area (Å²) in [5.74, 6) is -0.348. The highest BCUT2D eigenvalue weighted by Crippen LogP contribution is 2.27. The van der Waals surface area contributed by atoms with E-state index in [9.17, 15) is 14.4 Å². The molecule has 0 radical (unpaired) electrons. The number of para-hydroxylation sites is 2. The third-order valence-corrected chi connectivity index (χ3v) is 6.61. The van der Waals surface area contributed by atoms with Crippen molar-refractivity contribution in [2.24, 2.45) is 0 Å². The summed E-state index contributed by atoms with van der Waals surface area (Å²) in [6, 6.07) is 22.1. The molecule has 0 aliphatic carbocycles. The Hall–Kier alpha value is -4.37. The maximum atomic E-state index is 13.7.